The zero-order valence-corrected chi connectivity index (χ0v) is 10.8. The van der Waals surface area contributed by atoms with Gasteiger partial charge in [0.05, 0.1) is 18.7 Å². The van der Waals surface area contributed by atoms with Gasteiger partial charge in [0.15, 0.2) is 0 Å². The van der Waals surface area contributed by atoms with Crippen LogP contribution in [0.15, 0.2) is 42.6 Å². The number of amides is 1. The summed E-state index contributed by atoms with van der Waals surface area (Å²) in [5.74, 6) is 0.0847. The number of carbonyl (C=O) groups excluding carboxylic acids is 1. The summed E-state index contributed by atoms with van der Waals surface area (Å²) in [7, 11) is 0. The van der Waals surface area contributed by atoms with Gasteiger partial charge in [-0.15, -0.1) is 0 Å². The number of rotatable bonds is 4. The van der Waals surface area contributed by atoms with E-state index in [2.05, 4.69) is 10.3 Å². The molecule has 2 N–H and O–H groups in total. The van der Waals surface area contributed by atoms with Crippen molar-refractivity contribution in [3.63, 3.8) is 0 Å². The Morgan fingerprint density at radius 3 is 2.89 bits per heavy atom. The van der Waals surface area contributed by atoms with Crippen LogP contribution in [-0.2, 0) is 17.8 Å². The predicted octanol–water partition coefficient (Wildman–Crippen LogP) is 1.95. The van der Waals surface area contributed by atoms with Crippen LogP contribution in [0.1, 0.15) is 16.8 Å². The molecule has 0 atom stereocenters. The molecule has 1 aromatic carbocycles. The molecule has 0 spiro atoms. The fourth-order valence-electron chi connectivity index (χ4n) is 1.80. The van der Waals surface area contributed by atoms with Crippen LogP contribution in [0.4, 0.5) is 0 Å². The van der Waals surface area contributed by atoms with E-state index in [4.69, 9.17) is 0 Å². The lowest BCUT2D eigenvalue weighted by molar-refractivity contribution is -0.120. The second-order valence-corrected chi connectivity index (χ2v) is 4.39. The van der Waals surface area contributed by atoms with Crippen LogP contribution in [-0.4, -0.2) is 16.0 Å². The molecule has 0 aliphatic carbocycles. The fourth-order valence-corrected chi connectivity index (χ4v) is 1.80. The molecule has 0 saturated heterocycles. The molecule has 1 aromatic heterocycles. The Morgan fingerprint density at radius 1 is 1.32 bits per heavy atom. The molecule has 1 heterocycles. The Kier molecular flexibility index (Phi) is 4.13. The molecule has 1 amide bonds. The molecular weight excluding hydrogens is 240 g/mol. The van der Waals surface area contributed by atoms with Crippen molar-refractivity contribution in [1.29, 1.82) is 0 Å². The first-order chi connectivity index (χ1) is 9.15. The summed E-state index contributed by atoms with van der Waals surface area (Å²) in [4.78, 5) is 16.0. The molecule has 4 heteroatoms. The lowest BCUT2D eigenvalue weighted by atomic mass is 10.1. The van der Waals surface area contributed by atoms with Crippen molar-refractivity contribution < 1.29 is 9.90 Å². The Morgan fingerprint density at radius 2 is 2.16 bits per heavy atom. The summed E-state index contributed by atoms with van der Waals surface area (Å²) in [5, 5.41) is 12.2. The minimum atomic E-state index is -0.0874. The van der Waals surface area contributed by atoms with Gasteiger partial charge in [-0.3, -0.25) is 9.78 Å². The van der Waals surface area contributed by atoms with Crippen LogP contribution < -0.4 is 5.32 Å². The van der Waals surface area contributed by atoms with Crippen molar-refractivity contribution in [2.75, 3.05) is 0 Å². The lowest BCUT2D eigenvalue weighted by Gasteiger charge is -2.07. The van der Waals surface area contributed by atoms with E-state index < -0.39 is 0 Å². The first-order valence-corrected chi connectivity index (χ1v) is 6.10. The lowest BCUT2D eigenvalue weighted by Crippen LogP contribution is -2.25. The number of benzene rings is 1. The van der Waals surface area contributed by atoms with Crippen LogP contribution in [0.2, 0.25) is 0 Å². The van der Waals surface area contributed by atoms with Gasteiger partial charge in [0.25, 0.3) is 0 Å². The number of aromatic nitrogens is 1. The summed E-state index contributed by atoms with van der Waals surface area (Å²) >= 11 is 0. The van der Waals surface area contributed by atoms with Gasteiger partial charge in [0, 0.05) is 6.20 Å². The maximum Gasteiger partial charge on any atom is 0.224 e. The van der Waals surface area contributed by atoms with Crippen LogP contribution in [0.3, 0.4) is 0 Å². The number of nitrogens with one attached hydrogen (secondary N) is 1. The second-order valence-electron chi connectivity index (χ2n) is 4.39. The van der Waals surface area contributed by atoms with E-state index in [9.17, 15) is 9.90 Å². The summed E-state index contributed by atoms with van der Waals surface area (Å²) < 4.78 is 0. The van der Waals surface area contributed by atoms with Crippen molar-refractivity contribution >= 4 is 5.91 Å². The third kappa shape index (κ3) is 3.81. The smallest absolute Gasteiger partial charge is 0.224 e. The van der Waals surface area contributed by atoms with E-state index in [0.29, 0.717) is 6.54 Å². The van der Waals surface area contributed by atoms with Gasteiger partial charge in [0.1, 0.15) is 5.75 Å². The number of phenolic OH excluding ortho intramolecular Hbond substituents is 1. The van der Waals surface area contributed by atoms with E-state index in [0.717, 1.165) is 16.8 Å². The average Bonchev–Trinajstić information content (AvgIpc) is 2.38. The van der Waals surface area contributed by atoms with Gasteiger partial charge in [-0.25, -0.2) is 0 Å². The van der Waals surface area contributed by atoms with Crippen molar-refractivity contribution in [1.82, 2.24) is 10.3 Å². The zero-order chi connectivity index (χ0) is 13.7. The number of carbonyl (C=O) groups is 1. The molecule has 0 bridgehead atoms. The highest BCUT2D eigenvalue weighted by Crippen LogP contribution is 2.11. The molecule has 2 rings (SSSR count). The molecular formula is C15H16N2O2. The summed E-state index contributed by atoms with van der Waals surface area (Å²) in [6.07, 6.45) is 1.96. The minimum Gasteiger partial charge on any atom is -0.508 e. The van der Waals surface area contributed by atoms with Crippen molar-refractivity contribution in [3.8, 4) is 5.75 Å². The number of aromatic hydroxyl groups is 1. The summed E-state index contributed by atoms with van der Waals surface area (Å²) in [6.45, 7) is 2.38. The van der Waals surface area contributed by atoms with Crippen LogP contribution in [0, 0.1) is 6.92 Å². The van der Waals surface area contributed by atoms with Gasteiger partial charge in [-0.1, -0.05) is 18.2 Å². The highest BCUT2D eigenvalue weighted by Gasteiger charge is 2.05. The van der Waals surface area contributed by atoms with Crippen molar-refractivity contribution in [2.45, 2.75) is 19.9 Å². The molecule has 2 aromatic rings. The van der Waals surface area contributed by atoms with Gasteiger partial charge in [-0.05, 0) is 36.2 Å². The Hall–Kier alpha value is -2.36. The fraction of sp³-hybridized carbons (Fsp3) is 0.200. The molecule has 0 fully saturated rings. The SMILES string of the molecule is Cc1cccnc1CNC(=O)Cc1cccc(O)c1. The number of pyridine rings is 1. The van der Waals surface area contributed by atoms with Gasteiger partial charge >= 0.3 is 0 Å². The Balaban J connectivity index is 1.90. The number of hydrogen-bond acceptors (Lipinski definition) is 3. The van der Waals surface area contributed by atoms with Gasteiger partial charge < -0.3 is 10.4 Å². The average molecular weight is 256 g/mol. The van der Waals surface area contributed by atoms with E-state index in [1.54, 1.807) is 24.4 Å². The zero-order valence-electron chi connectivity index (χ0n) is 10.8. The van der Waals surface area contributed by atoms with E-state index in [1.807, 2.05) is 25.1 Å². The normalized spacial score (nSPS) is 10.2. The molecule has 0 aliphatic rings. The maximum atomic E-state index is 11.8. The van der Waals surface area contributed by atoms with Crippen LogP contribution >= 0.6 is 0 Å². The molecule has 19 heavy (non-hydrogen) atoms. The number of hydrogen-bond donors (Lipinski definition) is 2. The molecule has 0 aliphatic heterocycles. The monoisotopic (exact) mass is 256 g/mol. The molecule has 98 valence electrons. The Labute approximate surface area is 112 Å². The Bertz CT molecular complexity index is 582. The highest BCUT2D eigenvalue weighted by atomic mass is 16.3. The minimum absolute atomic E-state index is 0.0874. The van der Waals surface area contributed by atoms with E-state index >= 15 is 0 Å². The third-order valence-electron chi connectivity index (χ3n) is 2.85. The van der Waals surface area contributed by atoms with Crippen molar-refractivity contribution in [3.05, 3.63) is 59.4 Å². The third-order valence-corrected chi connectivity index (χ3v) is 2.85. The molecule has 0 saturated carbocycles. The number of nitrogens with zero attached hydrogens (tertiary/aromatic N) is 1. The largest absolute Gasteiger partial charge is 0.508 e. The first-order valence-electron chi connectivity index (χ1n) is 6.10. The quantitative estimate of drug-likeness (QED) is 0.879. The first kappa shape index (κ1) is 13.1. The maximum absolute atomic E-state index is 11.8. The van der Waals surface area contributed by atoms with Crippen LogP contribution in [0.5, 0.6) is 5.75 Å². The van der Waals surface area contributed by atoms with Gasteiger partial charge in [-0.2, -0.15) is 0 Å². The topological polar surface area (TPSA) is 62.2 Å². The molecule has 0 radical (unpaired) electrons. The predicted molar refractivity (Wildman–Crippen MR) is 72.6 cm³/mol. The van der Waals surface area contributed by atoms with Crippen molar-refractivity contribution in [2.24, 2.45) is 0 Å². The van der Waals surface area contributed by atoms with Crippen LogP contribution in [0.25, 0.3) is 0 Å². The standard InChI is InChI=1S/C15H16N2O2/c1-11-4-3-7-16-14(11)10-17-15(19)9-12-5-2-6-13(18)8-12/h2-8,18H,9-10H2,1H3,(H,17,19). The summed E-state index contributed by atoms with van der Waals surface area (Å²) in [5.41, 5.74) is 2.71. The number of aryl methyl sites for hydroxylation is 1. The summed E-state index contributed by atoms with van der Waals surface area (Å²) in [6, 6.07) is 10.5. The molecule has 4 nitrogen and oxygen atoms in total. The highest BCUT2D eigenvalue weighted by molar-refractivity contribution is 5.78. The second kappa shape index (κ2) is 6.00. The van der Waals surface area contributed by atoms with E-state index in [1.165, 1.54) is 0 Å². The van der Waals surface area contributed by atoms with E-state index in [-0.39, 0.29) is 18.1 Å². The van der Waals surface area contributed by atoms with Gasteiger partial charge in [0.2, 0.25) is 5.91 Å². The molecule has 0 unspecified atom stereocenters. The number of phenols is 1.